The van der Waals surface area contributed by atoms with Gasteiger partial charge in [-0.3, -0.25) is 9.69 Å². The van der Waals surface area contributed by atoms with E-state index in [1.807, 2.05) is 30.0 Å². The first kappa shape index (κ1) is 19.8. The summed E-state index contributed by atoms with van der Waals surface area (Å²) in [4.78, 5) is 26.1. The van der Waals surface area contributed by atoms with Crippen molar-refractivity contribution in [2.75, 3.05) is 31.9 Å². The molecule has 29 heavy (non-hydrogen) atoms. The van der Waals surface area contributed by atoms with E-state index < -0.39 is 0 Å². The van der Waals surface area contributed by atoms with Crippen LogP contribution in [-0.4, -0.2) is 51.9 Å². The molecule has 0 saturated carbocycles. The summed E-state index contributed by atoms with van der Waals surface area (Å²) in [6, 6.07) is 7.96. The Morgan fingerprint density at radius 1 is 1.28 bits per heavy atom. The van der Waals surface area contributed by atoms with E-state index in [1.54, 1.807) is 11.3 Å². The first-order valence-corrected chi connectivity index (χ1v) is 10.6. The van der Waals surface area contributed by atoms with Crippen molar-refractivity contribution in [3.63, 3.8) is 0 Å². The van der Waals surface area contributed by atoms with Gasteiger partial charge >= 0.3 is 0 Å². The van der Waals surface area contributed by atoms with Crippen LogP contribution in [0.15, 0.2) is 36.7 Å². The Bertz CT molecular complexity index is 1060. The second-order valence-corrected chi connectivity index (χ2v) is 8.85. The summed E-state index contributed by atoms with van der Waals surface area (Å²) in [5, 5.41) is 0.835. The maximum absolute atomic E-state index is 12.6. The minimum atomic E-state index is 0.141. The molecule has 0 unspecified atom stereocenters. The Labute approximate surface area is 178 Å². The van der Waals surface area contributed by atoms with Crippen LogP contribution in [0.2, 0.25) is 4.34 Å². The average Bonchev–Trinajstić information content (AvgIpc) is 3.01. The molecule has 2 N–H and O–H groups in total. The molecule has 6 nitrogen and oxygen atoms in total. The van der Waals surface area contributed by atoms with Crippen molar-refractivity contribution in [3.8, 4) is 0 Å². The largest absolute Gasteiger partial charge is 0.383 e. The van der Waals surface area contributed by atoms with Crippen LogP contribution in [0.3, 0.4) is 0 Å². The number of nitrogens with zero attached hydrogens (tertiary/aromatic N) is 4. The molecule has 1 aromatic carbocycles. The van der Waals surface area contributed by atoms with Crippen LogP contribution in [-0.2, 0) is 11.3 Å². The van der Waals surface area contributed by atoms with E-state index in [-0.39, 0.29) is 5.91 Å². The Kier molecular flexibility index (Phi) is 5.80. The van der Waals surface area contributed by atoms with Gasteiger partial charge in [-0.05, 0) is 42.3 Å². The molecule has 4 rings (SSSR count). The molecule has 1 fully saturated rings. The molecular weight excluding hydrogens is 406 g/mol. The molecule has 150 valence electrons. The smallest absolute Gasteiger partial charge is 0.237 e. The highest BCUT2D eigenvalue weighted by Crippen LogP contribution is 2.27. The topological polar surface area (TPSA) is 75.3 Å². The molecule has 0 radical (unpaired) electrons. The molecule has 0 aliphatic carbocycles. The molecule has 0 bridgehead atoms. The van der Waals surface area contributed by atoms with Crippen molar-refractivity contribution in [1.29, 1.82) is 0 Å². The van der Waals surface area contributed by atoms with Crippen molar-refractivity contribution < 1.29 is 4.79 Å². The third kappa shape index (κ3) is 4.58. The number of nitrogens with two attached hydrogens (primary N) is 1. The van der Waals surface area contributed by atoms with Gasteiger partial charge in [-0.1, -0.05) is 23.7 Å². The van der Waals surface area contributed by atoms with Crippen molar-refractivity contribution in [3.05, 3.63) is 57.0 Å². The van der Waals surface area contributed by atoms with Crippen molar-refractivity contribution in [2.24, 2.45) is 0 Å². The van der Waals surface area contributed by atoms with E-state index in [9.17, 15) is 4.79 Å². The number of aromatic nitrogens is 2. The van der Waals surface area contributed by atoms with Crippen molar-refractivity contribution in [2.45, 2.75) is 13.5 Å². The molecule has 0 spiro atoms. The van der Waals surface area contributed by atoms with Crippen molar-refractivity contribution >= 4 is 51.6 Å². The molecule has 3 heterocycles. The molecule has 1 aliphatic heterocycles. The van der Waals surface area contributed by atoms with Gasteiger partial charge in [0.1, 0.15) is 12.1 Å². The quantitative estimate of drug-likeness (QED) is 0.673. The third-order valence-electron chi connectivity index (χ3n) is 5.02. The third-order valence-corrected chi connectivity index (χ3v) is 6.55. The van der Waals surface area contributed by atoms with Gasteiger partial charge in [-0.2, -0.15) is 0 Å². The summed E-state index contributed by atoms with van der Waals surface area (Å²) >= 11 is 7.68. The number of anilines is 1. The first-order chi connectivity index (χ1) is 14.0. The monoisotopic (exact) mass is 427 g/mol. The van der Waals surface area contributed by atoms with Crippen LogP contribution >= 0.6 is 22.9 Å². The number of hydrogen-bond acceptors (Lipinski definition) is 6. The fourth-order valence-electron chi connectivity index (χ4n) is 3.41. The first-order valence-electron chi connectivity index (χ1n) is 9.41. The zero-order chi connectivity index (χ0) is 20.4. The molecule has 1 aliphatic rings. The van der Waals surface area contributed by atoms with Crippen LogP contribution in [0, 0.1) is 6.92 Å². The number of amides is 1. The number of nitrogen functional groups attached to an aromatic ring is 1. The molecule has 8 heteroatoms. The number of halogens is 1. The number of piperazine rings is 1. The fourth-order valence-corrected chi connectivity index (χ4v) is 4.55. The number of benzene rings is 1. The second-order valence-electron chi connectivity index (χ2n) is 7.17. The van der Waals surface area contributed by atoms with Crippen LogP contribution in [0.1, 0.15) is 16.0 Å². The van der Waals surface area contributed by atoms with Gasteiger partial charge in [-0.25, -0.2) is 9.97 Å². The lowest BCUT2D eigenvalue weighted by atomic mass is 10.1. The molecule has 2 aromatic heterocycles. The summed E-state index contributed by atoms with van der Waals surface area (Å²) < 4.78 is 0.830. The number of carbonyl (C=O) groups excluding carboxylic acids is 1. The average molecular weight is 428 g/mol. The molecule has 1 saturated heterocycles. The summed E-state index contributed by atoms with van der Waals surface area (Å²) in [7, 11) is 0. The minimum absolute atomic E-state index is 0.141. The lowest BCUT2D eigenvalue weighted by Crippen LogP contribution is -2.49. The number of aryl methyl sites for hydroxylation is 1. The normalized spacial score (nSPS) is 15.7. The highest BCUT2D eigenvalue weighted by molar-refractivity contribution is 7.17. The zero-order valence-corrected chi connectivity index (χ0v) is 17.7. The summed E-state index contributed by atoms with van der Waals surface area (Å²) in [5.41, 5.74) is 8.83. The second kappa shape index (κ2) is 8.49. The van der Waals surface area contributed by atoms with E-state index in [1.165, 1.54) is 6.33 Å². The van der Waals surface area contributed by atoms with Gasteiger partial charge in [0.25, 0.3) is 0 Å². The van der Waals surface area contributed by atoms with Gasteiger partial charge in [0, 0.05) is 36.4 Å². The molecule has 3 aromatic rings. The Morgan fingerprint density at radius 2 is 2.14 bits per heavy atom. The standard InChI is InChI=1S/C21H22ClN5OS/c1-14-9-16(29-20(14)22)3-2-6-26-7-8-27(19(28)12-26)11-15-4-5-17-18(10-15)24-13-25-21(17)23/h2-5,9-10,13H,6-8,11-12H2,1H3,(H2,23,24,25)/b3-2+. The number of fused-ring (bicyclic) bond motifs is 1. The van der Waals surface area contributed by atoms with E-state index in [2.05, 4.69) is 33.1 Å². The summed E-state index contributed by atoms with van der Waals surface area (Å²) in [6.07, 6.45) is 5.63. The summed E-state index contributed by atoms with van der Waals surface area (Å²) in [6.45, 7) is 5.32. The van der Waals surface area contributed by atoms with Gasteiger partial charge in [0.05, 0.1) is 16.4 Å². The molecule has 0 atom stereocenters. The number of thiophene rings is 1. The lowest BCUT2D eigenvalue weighted by molar-refractivity contribution is -0.136. The lowest BCUT2D eigenvalue weighted by Gasteiger charge is -2.33. The Balaban J connectivity index is 1.34. The number of rotatable bonds is 5. The van der Waals surface area contributed by atoms with Gasteiger partial charge in [-0.15, -0.1) is 11.3 Å². The highest BCUT2D eigenvalue weighted by Gasteiger charge is 2.23. The Hall–Kier alpha value is -2.48. The predicted octanol–water partition coefficient (Wildman–Crippen LogP) is 3.59. The van der Waals surface area contributed by atoms with E-state index in [4.69, 9.17) is 17.3 Å². The van der Waals surface area contributed by atoms with Crippen LogP contribution < -0.4 is 5.73 Å². The van der Waals surface area contributed by atoms with Crippen LogP contribution in [0.4, 0.5) is 5.82 Å². The van der Waals surface area contributed by atoms with Crippen molar-refractivity contribution in [1.82, 2.24) is 19.8 Å². The highest BCUT2D eigenvalue weighted by atomic mass is 35.5. The SMILES string of the molecule is Cc1cc(/C=C/CN2CCN(Cc3ccc4c(N)ncnc4c3)C(=O)C2)sc1Cl. The zero-order valence-electron chi connectivity index (χ0n) is 16.1. The van der Waals surface area contributed by atoms with E-state index in [0.29, 0.717) is 25.5 Å². The van der Waals surface area contributed by atoms with Gasteiger partial charge < -0.3 is 10.6 Å². The van der Waals surface area contributed by atoms with Gasteiger partial charge in [0.2, 0.25) is 5.91 Å². The van der Waals surface area contributed by atoms with E-state index >= 15 is 0 Å². The predicted molar refractivity (Wildman–Crippen MR) is 119 cm³/mol. The number of carbonyl (C=O) groups is 1. The Morgan fingerprint density at radius 3 is 2.90 bits per heavy atom. The van der Waals surface area contributed by atoms with Crippen LogP contribution in [0.25, 0.3) is 17.0 Å². The molecular formula is C21H22ClN5OS. The minimum Gasteiger partial charge on any atom is -0.383 e. The van der Waals surface area contributed by atoms with Gasteiger partial charge in [0.15, 0.2) is 0 Å². The van der Waals surface area contributed by atoms with Crippen LogP contribution in [0.5, 0.6) is 0 Å². The number of hydrogen-bond donors (Lipinski definition) is 1. The fraction of sp³-hybridized carbons (Fsp3) is 0.286. The van der Waals surface area contributed by atoms with E-state index in [0.717, 1.165) is 44.3 Å². The maximum atomic E-state index is 12.6. The molecule has 1 amide bonds. The maximum Gasteiger partial charge on any atom is 0.237 e. The summed E-state index contributed by atoms with van der Waals surface area (Å²) in [5.74, 6) is 0.612.